The van der Waals surface area contributed by atoms with Crippen LogP contribution in [0.25, 0.3) is 17.0 Å². The molecule has 1 aromatic heterocycles. The Hall–Kier alpha value is -4.47. The molecule has 0 atom stereocenters. The summed E-state index contributed by atoms with van der Waals surface area (Å²) in [6, 6.07) is 20.2. The Bertz CT molecular complexity index is 1560. The zero-order valence-electron chi connectivity index (χ0n) is 24.4. The third-order valence-corrected chi connectivity index (χ3v) is 7.90. The van der Waals surface area contributed by atoms with Gasteiger partial charge in [0.25, 0.3) is 0 Å². The number of ether oxygens (including phenoxy) is 3. The maximum absolute atomic E-state index is 12.5. The monoisotopic (exact) mass is 579 g/mol. The summed E-state index contributed by atoms with van der Waals surface area (Å²) in [5, 5.41) is 7.34. The van der Waals surface area contributed by atoms with Gasteiger partial charge in [-0.1, -0.05) is 36.4 Å². The summed E-state index contributed by atoms with van der Waals surface area (Å²) in [6.45, 7) is 5.11. The van der Waals surface area contributed by atoms with Gasteiger partial charge in [0.05, 0.1) is 32.4 Å². The van der Waals surface area contributed by atoms with Crippen molar-refractivity contribution in [1.82, 2.24) is 20.2 Å². The number of hydrogen-bond acceptors (Lipinski definition) is 8. The quantitative estimate of drug-likeness (QED) is 0.194. The number of morpholine rings is 1. The van der Waals surface area contributed by atoms with Crippen molar-refractivity contribution in [2.75, 3.05) is 51.9 Å². The first kappa shape index (κ1) is 28.6. The lowest BCUT2D eigenvalue weighted by Gasteiger charge is -2.26. The van der Waals surface area contributed by atoms with E-state index in [-0.39, 0.29) is 11.9 Å². The van der Waals surface area contributed by atoms with Crippen molar-refractivity contribution >= 4 is 34.4 Å². The smallest absolute Gasteiger partial charge is 0.244 e. The molecule has 6 rings (SSSR count). The van der Waals surface area contributed by atoms with Crippen LogP contribution in [0.3, 0.4) is 0 Å². The van der Waals surface area contributed by atoms with Gasteiger partial charge < -0.3 is 24.8 Å². The lowest BCUT2D eigenvalue weighted by molar-refractivity contribution is -0.117. The number of methoxy groups -OCH3 is 1. The van der Waals surface area contributed by atoms with Crippen LogP contribution >= 0.6 is 0 Å². The molecule has 0 saturated carbocycles. The minimum atomic E-state index is -0.0816. The van der Waals surface area contributed by atoms with Crippen LogP contribution in [-0.4, -0.2) is 73.4 Å². The molecular weight excluding hydrogens is 542 g/mol. The molecule has 1 amide bonds. The van der Waals surface area contributed by atoms with Gasteiger partial charge in [-0.2, -0.15) is 0 Å². The molecule has 43 heavy (non-hydrogen) atoms. The fourth-order valence-corrected chi connectivity index (χ4v) is 5.63. The summed E-state index contributed by atoms with van der Waals surface area (Å²) in [5.41, 5.74) is 5.20. The molecule has 1 aliphatic carbocycles. The van der Waals surface area contributed by atoms with Crippen molar-refractivity contribution in [2.45, 2.75) is 25.3 Å². The molecule has 1 fully saturated rings. The number of carbonyl (C=O) groups is 1. The van der Waals surface area contributed by atoms with Crippen LogP contribution in [0, 0.1) is 0 Å². The van der Waals surface area contributed by atoms with Crippen LogP contribution in [0.4, 0.5) is 11.5 Å². The van der Waals surface area contributed by atoms with E-state index in [1.165, 1.54) is 17.5 Å². The first-order valence-electron chi connectivity index (χ1n) is 14.8. The van der Waals surface area contributed by atoms with Gasteiger partial charge in [-0.3, -0.25) is 9.69 Å². The molecule has 2 heterocycles. The van der Waals surface area contributed by atoms with Crippen LogP contribution in [-0.2, 0) is 22.4 Å². The highest BCUT2D eigenvalue weighted by molar-refractivity contribution is 5.93. The maximum atomic E-state index is 12.5. The summed E-state index contributed by atoms with van der Waals surface area (Å²) < 4.78 is 17.2. The second kappa shape index (κ2) is 13.7. The Morgan fingerprint density at radius 3 is 2.53 bits per heavy atom. The van der Waals surface area contributed by atoms with Gasteiger partial charge in [-0.05, 0) is 60.2 Å². The van der Waals surface area contributed by atoms with Gasteiger partial charge in [-0.15, -0.1) is 0 Å². The number of benzene rings is 3. The zero-order chi connectivity index (χ0) is 29.4. The van der Waals surface area contributed by atoms with E-state index in [1.807, 2.05) is 54.6 Å². The fourth-order valence-electron chi connectivity index (χ4n) is 5.63. The number of carbonyl (C=O) groups excluding carboxylic acids is 1. The molecule has 0 unspecified atom stereocenters. The fraction of sp³-hybridized carbons (Fsp3) is 0.324. The minimum Gasteiger partial charge on any atom is -0.493 e. The van der Waals surface area contributed by atoms with E-state index >= 15 is 0 Å². The van der Waals surface area contributed by atoms with Gasteiger partial charge in [0, 0.05) is 48.9 Å². The van der Waals surface area contributed by atoms with E-state index in [9.17, 15) is 4.79 Å². The number of hydrogen-bond donors (Lipinski definition) is 2. The first-order valence-corrected chi connectivity index (χ1v) is 14.8. The molecule has 2 aliphatic rings. The Morgan fingerprint density at radius 1 is 1.02 bits per heavy atom. The van der Waals surface area contributed by atoms with Gasteiger partial charge in [0.1, 0.15) is 12.1 Å². The second-order valence-electron chi connectivity index (χ2n) is 10.9. The van der Waals surface area contributed by atoms with Crippen molar-refractivity contribution in [2.24, 2.45) is 0 Å². The number of aromatic nitrogens is 2. The Labute approximate surface area is 251 Å². The van der Waals surface area contributed by atoms with Crippen LogP contribution in [0.2, 0.25) is 0 Å². The van der Waals surface area contributed by atoms with E-state index in [0.29, 0.717) is 23.9 Å². The Morgan fingerprint density at radius 2 is 1.79 bits per heavy atom. The maximum Gasteiger partial charge on any atom is 0.244 e. The van der Waals surface area contributed by atoms with E-state index in [2.05, 4.69) is 37.6 Å². The summed E-state index contributed by atoms with van der Waals surface area (Å²) in [5.74, 6) is 1.89. The van der Waals surface area contributed by atoms with Gasteiger partial charge in [-0.25, -0.2) is 9.97 Å². The topological polar surface area (TPSA) is 97.8 Å². The number of amides is 1. The number of nitrogens with one attached hydrogen (secondary N) is 2. The molecule has 9 heteroatoms. The highest BCUT2D eigenvalue weighted by atomic mass is 16.5. The lowest BCUT2D eigenvalue weighted by atomic mass is 10.1. The van der Waals surface area contributed by atoms with E-state index in [1.54, 1.807) is 13.2 Å². The molecule has 0 radical (unpaired) electrons. The Kier molecular flexibility index (Phi) is 9.10. The predicted octanol–water partition coefficient (Wildman–Crippen LogP) is 4.78. The molecular formula is C34H37N5O4. The number of rotatable bonds is 11. The number of fused-ring (bicyclic) bond motifs is 2. The Balaban J connectivity index is 1.05. The molecule has 0 bridgehead atoms. The highest BCUT2D eigenvalue weighted by Crippen LogP contribution is 2.35. The molecule has 4 aromatic rings. The summed E-state index contributed by atoms with van der Waals surface area (Å²) in [4.78, 5) is 23.9. The van der Waals surface area contributed by atoms with Crippen LogP contribution in [0.15, 0.2) is 73.1 Å². The number of anilines is 2. The van der Waals surface area contributed by atoms with Gasteiger partial charge in [0.15, 0.2) is 11.5 Å². The zero-order valence-corrected chi connectivity index (χ0v) is 24.4. The van der Waals surface area contributed by atoms with Crippen molar-refractivity contribution in [3.8, 4) is 11.5 Å². The van der Waals surface area contributed by atoms with E-state index < -0.39 is 0 Å². The van der Waals surface area contributed by atoms with Gasteiger partial charge in [0.2, 0.25) is 5.91 Å². The minimum absolute atomic E-state index is 0.0816. The standard InChI is InChI=1S/C34H37N5O4/c1-41-31-21-29-30(22-32(31)43-16-4-13-39-14-17-42-18-15-39)35-23-36-34(29)38-27-10-7-24(8-11-27)9-12-33(40)37-28-19-25-5-2-3-6-26(25)20-28/h2-3,5-12,21-23,28H,4,13-20H2,1H3,(H,37,40)(H,35,36,38). The normalized spacial score (nSPS) is 15.5. The van der Waals surface area contributed by atoms with Crippen LogP contribution in [0.1, 0.15) is 23.1 Å². The predicted molar refractivity (Wildman–Crippen MR) is 168 cm³/mol. The number of nitrogens with zero attached hydrogens (tertiary/aromatic N) is 3. The van der Waals surface area contributed by atoms with Crippen molar-refractivity contribution in [3.63, 3.8) is 0 Å². The molecule has 1 aliphatic heterocycles. The van der Waals surface area contributed by atoms with Crippen molar-refractivity contribution < 1.29 is 19.0 Å². The van der Waals surface area contributed by atoms with Crippen molar-refractivity contribution in [3.05, 3.63) is 89.8 Å². The molecule has 3 aromatic carbocycles. The average Bonchev–Trinajstić information content (AvgIpc) is 3.45. The van der Waals surface area contributed by atoms with Crippen LogP contribution in [0.5, 0.6) is 11.5 Å². The van der Waals surface area contributed by atoms with Gasteiger partial charge >= 0.3 is 0 Å². The molecule has 2 N–H and O–H groups in total. The summed E-state index contributed by atoms with van der Waals surface area (Å²) in [6.07, 6.45) is 7.64. The molecule has 9 nitrogen and oxygen atoms in total. The third kappa shape index (κ3) is 7.31. The second-order valence-corrected chi connectivity index (χ2v) is 10.9. The van der Waals surface area contributed by atoms with E-state index in [0.717, 1.165) is 74.3 Å². The summed E-state index contributed by atoms with van der Waals surface area (Å²) in [7, 11) is 1.64. The summed E-state index contributed by atoms with van der Waals surface area (Å²) >= 11 is 0. The molecule has 0 spiro atoms. The van der Waals surface area contributed by atoms with Crippen LogP contribution < -0.4 is 20.1 Å². The largest absolute Gasteiger partial charge is 0.493 e. The molecule has 222 valence electrons. The molecule has 1 saturated heterocycles. The third-order valence-electron chi connectivity index (χ3n) is 7.90. The van der Waals surface area contributed by atoms with Crippen molar-refractivity contribution in [1.29, 1.82) is 0 Å². The highest BCUT2D eigenvalue weighted by Gasteiger charge is 2.21. The lowest BCUT2D eigenvalue weighted by Crippen LogP contribution is -2.37. The SMILES string of the molecule is COc1cc2c(Nc3ccc(C=CC(=O)NC4Cc5ccccc5C4)cc3)ncnc2cc1OCCCN1CCOCC1. The first-order chi connectivity index (χ1) is 21.1. The van der Waals surface area contributed by atoms with E-state index in [4.69, 9.17) is 14.2 Å². The average molecular weight is 580 g/mol.